The zero-order chi connectivity index (χ0) is 20.8. The third-order valence-corrected chi connectivity index (χ3v) is 4.05. The maximum atomic E-state index is 13.6. The van der Waals surface area contributed by atoms with Crippen molar-refractivity contribution in [2.45, 2.75) is 13.5 Å². The van der Waals surface area contributed by atoms with Crippen LogP contribution in [0.5, 0.6) is 0 Å². The van der Waals surface area contributed by atoms with E-state index in [0.717, 1.165) is 6.07 Å². The SMILES string of the molecule is CCOC(=O)c1oc2ccccc2c1COC(=O)CNC(=O)c1ccccc1F. The number of nitrogens with one attached hydrogen (secondary N) is 1. The highest BCUT2D eigenvalue weighted by molar-refractivity contribution is 5.97. The number of furan rings is 1. The summed E-state index contributed by atoms with van der Waals surface area (Å²) in [6, 6.07) is 12.3. The van der Waals surface area contributed by atoms with Gasteiger partial charge in [-0.25, -0.2) is 9.18 Å². The molecule has 1 N–H and O–H groups in total. The minimum absolute atomic E-state index is 0.0451. The minimum Gasteiger partial charge on any atom is -0.460 e. The summed E-state index contributed by atoms with van der Waals surface area (Å²) >= 11 is 0. The topological polar surface area (TPSA) is 94.8 Å². The Kier molecular flexibility index (Phi) is 6.23. The summed E-state index contributed by atoms with van der Waals surface area (Å²) < 4.78 is 29.3. The van der Waals surface area contributed by atoms with Crippen LogP contribution in [-0.2, 0) is 20.9 Å². The molecule has 150 valence electrons. The molecule has 1 heterocycles. The monoisotopic (exact) mass is 399 g/mol. The first-order valence-electron chi connectivity index (χ1n) is 8.87. The van der Waals surface area contributed by atoms with Gasteiger partial charge in [0.15, 0.2) is 0 Å². The Morgan fingerprint density at radius 2 is 1.76 bits per heavy atom. The number of fused-ring (bicyclic) bond motifs is 1. The Morgan fingerprint density at radius 3 is 2.52 bits per heavy atom. The second kappa shape index (κ2) is 9.01. The first-order chi connectivity index (χ1) is 14.0. The van der Waals surface area contributed by atoms with Gasteiger partial charge in [0.2, 0.25) is 5.76 Å². The van der Waals surface area contributed by atoms with Crippen LogP contribution >= 0.6 is 0 Å². The van der Waals surface area contributed by atoms with Gasteiger partial charge in [-0.15, -0.1) is 0 Å². The number of hydrogen-bond donors (Lipinski definition) is 1. The van der Waals surface area contributed by atoms with E-state index >= 15 is 0 Å². The van der Waals surface area contributed by atoms with Crippen LogP contribution in [0.2, 0.25) is 0 Å². The standard InChI is InChI=1S/C21H18FNO6/c1-2-27-21(26)19-15(13-7-4-6-10-17(13)29-19)12-28-18(24)11-23-20(25)14-8-3-5-9-16(14)22/h3-10H,2,11-12H2,1H3,(H,23,25). The molecular formula is C21H18FNO6. The number of hydrogen-bond acceptors (Lipinski definition) is 6. The Balaban J connectivity index is 1.66. The molecule has 0 saturated carbocycles. The van der Waals surface area contributed by atoms with Crippen LogP contribution in [-0.4, -0.2) is 31.0 Å². The number of ether oxygens (including phenoxy) is 2. The molecule has 1 aromatic heterocycles. The number of halogens is 1. The maximum absolute atomic E-state index is 13.6. The summed E-state index contributed by atoms with van der Waals surface area (Å²) in [5, 5.41) is 2.91. The van der Waals surface area contributed by atoms with Crippen molar-refractivity contribution in [1.82, 2.24) is 5.32 Å². The summed E-state index contributed by atoms with van der Waals surface area (Å²) in [6.45, 7) is 1.12. The zero-order valence-corrected chi connectivity index (χ0v) is 15.6. The van der Waals surface area contributed by atoms with Gasteiger partial charge in [0.05, 0.1) is 17.7 Å². The normalized spacial score (nSPS) is 10.6. The third kappa shape index (κ3) is 4.60. The van der Waals surface area contributed by atoms with E-state index in [9.17, 15) is 18.8 Å². The van der Waals surface area contributed by atoms with Gasteiger partial charge in [-0.05, 0) is 25.1 Å². The van der Waals surface area contributed by atoms with Crippen LogP contribution in [0, 0.1) is 5.82 Å². The Bertz CT molecular complexity index is 1060. The molecule has 0 aliphatic rings. The van der Waals surface area contributed by atoms with Crippen molar-refractivity contribution in [2.24, 2.45) is 0 Å². The van der Waals surface area contributed by atoms with E-state index in [4.69, 9.17) is 13.9 Å². The van der Waals surface area contributed by atoms with Crippen molar-refractivity contribution in [2.75, 3.05) is 13.2 Å². The first kappa shape index (κ1) is 20.1. The number of esters is 2. The molecule has 0 unspecified atom stereocenters. The van der Waals surface area contributed by atoms with Crippen molar-refractivity contribution >= 4 is 28.8 Å². The van der Waals surface area contributed by atoms with Crippen molar-refractivity contribution in [1.29, 1.82) is 0 Å². The van der Waals surface area contributed by atoms with E-state index in [1.165, 1.54) is 18.2 Å². The van der Waals surface area contributed by atoms with Gasteiger partial charge < -0.3 is 19.2 Å². The van der Waals surface area contributed by atoms with E-state index in [-0.39, 0.29) is 24.5 Å². The molecule has 2 aromatic carbocycles. The van der Waals surface area contributed by atoms with E-state index < -0.39 is 30.2 Å². The van der Waals surface area contributed by atoms with Crippen LogP contribution in [0.15, 0.2) is 52.9 Å². The number of carbonyl (C=O) groups excluding carboxylic acids is 3. The molecule has 0 bridgehead atoms. The Morgan fingerprint density at radius 1 is 1.03 bits per heavy atom. The highest BCUT2D eigenvalue weighted by atomic mass is 19.1. The van der Waals surface area contributed by atoms with E-state index in [1.807, 2.05) is 0 Å². The molecule has 0 saturated heterocycles. The quantitative estimate of drug-likeness (QED) is 0.613. The van der Waals surface area contributed by atoms with Gasteiger partial charge in [0.1, 0.15) is 24.6 Å². The molecule has 0 aliphatic carbocycles. The second-order valence-corrected chi connectivity index (χ2v) is 5.95. The van der Waals surface area contributed by atoms with Gasteiger partial charge in [-0.1, -0.05) is 30.3 Å². The fraction of sp³-hybridized carbons (Fsp3) is 0.190. The lowest BCUT2D eigenvalue weighted by Gasteiger charge is -2.08. The van der Waals surface area contributed by atoms with Crippen molar-refractivity contribution in [3.8, 4) is 0 Å². The van der Waals surface area contributed by atoms with Gasteiger partial charge in [0, 0.05) is 5.39 Å². The average molecular weight is 399 g/mol. The zero-order valence-electron chi connectivity index (χ0n) is 15.6. The molecule has 3 rings (SSSR count). The average Bonchev–Trinajstić information content (AvgIpc) is 3.10. The predicted octanol–water partition coefficient (Wildman–Crippen LogP) is 3.22. The number of amides is 1. The number of benzene rings is 2. The van der Waals surface area contributed by atoms with Crippen molar-refractivity contribution in [3.05, 3.63) is 71.2 Å². The molecule has 0 spiro atoms. The molecular weight excluding hydrogens is 381 g/mol. The smallest absolute Gasteiger partial charge is 0.374 e. The largest absolute Gasteiger partial charge is 0.460 e. The molecule has 0 fully saturated rings. The summed E-state index contributed by atoms with van der Waals surface area (Å²) in [6.07, 6.45) is 0. The minimum atomic E-state index is -0.755. The van der Waals surface area contributed by atoms with Crippen LogP contribution in [0.1, 0.15) is 33.4 Å². The van der Waals surface area contributed by atoms with Gasteiger partial charge in [0.25, 0.3) is 5.91 Å². The summed E-state index contributed by atoms with van der Waals surface area (Å²) in [4.78, 5) is 36.1. The molecule has 3 aromatic rings. The molecule has 0 aliphatic heterocycles. The Labute approximate surface area is 165 Å². The van der Waals surface area contributed by atoms with Crippen LogP contribution in [0.25, 0.3) is 11.0 Å². The lowest BCUT2D eigenvalue weighted by Crippen LogP contribution is -2.31. The molecule has 7 nitrogen and oxygen atoms in total. The fourth-order valence-corrected chi connectivity index (χ4v) is 2.70. The molecule has 8 heteroatoms. The first-order valence-corrected chi connectivity index (χ1v) is 8.87. The second-order valence-electron chi connectivity index (χ2n) is 5.95. The Hall–Kier alpha value is -3.68. The lowest BCUT2D eigenvalue weighted by molar-refractivity contribution is -0.143. The van der Waals surface area contributed by atoms with Gasteiger partial charge >= 0.3 is 11.9 Å². The third-order valence-electron chi connectivity index (χ3n) is 4.05. The van der Waals surface area contributed by atoms with E-state index in [0.29, 0.717) is 16.5 Å². The maximum Gasteiger partial charge on any atom is 0.374 e. The van der Waals surface area contributed by atoms with Crippen LogP contribution < -0.4 is 5.32 Å². The number of rotatable bonds is 7. The fourth-order valence-electron chi connectivity index (χ4n) is 2.70. The molecule has 1 amide bonds. The number of para-hydroxylation sites is 1. The van der Waals surface area contributed by atoms with Gasteiger partial charge in [-0.2, -0.15) is 0 Å². The summed E-state index contributed by atoms with van der Waals surface area (Å²) in [5.41, 5.74) is 0.646. The van der Waals surface area contributed by atoms with Gasteiger partial charge in [-0.3, -0.25) is 9.59 Å². The van der Waals surface area contributed by atoms with Crippen molar-refractivity contribution in [3.63, 3.8) is 0 Å². The molecule has 0 radical (unpaired) electrons. The predicted molar refractivity (Wildman–Crippen MR) is 101 cm³/mol. The van der Waals surface area contributed by atoms with Crippen molar-refractivity contribution < 1.29 is 32.7 Å². The summed E-state index contributed by atoms with van der Waals surface area (Å²) in [7, 11) is 0. The summed E-state index contributed by atoms with van der Waals surface area (Å²) in [5.74, 6) is -2.89. The van der Waals surface area contributed by atoms with Crippen LogP contribution in [0.4, 0.5) is 4.39 Å². The van der Waals surface area contributed by atoms with Crippen LogP contribution in [0.3, 0.4) is 0 Å². The molecule has 29 heavy (non-hydrogen) atoms. The highest BCUT2D eigenvalue weighted by Gasteiger charge is 2.23. The molecule has 0 atom stereocenters. The number of carbonyl (C=O) groups is 3. The van der Waals surface area contributed by atoms with E-state index in [1.54, 1.807) is 31.2 Å². The highest BCUT2D eigenvalue weighted by Crippen LogP contribution is 2.27. The van der Waals surface area contributed by atoms with E-state index in [2.05, 4.69) is 5.32 Å². The lowest BCUT2D eigenvalue weighted by atomic mass is 10.1.